The van der Waals surface area contributed by atoms with Crippen molar-refractivity contribution in [1.29, 1.82) is 0 Å². The van der Waals surface area contributed by atoms with Crippen molar-refractivity contribution >= 4 is 40.6 Å². The Morgan fingerprint density at radius 2 is 1.76 bits per heavy atom. The molecule has 184 valence electrons. The van der Waals surface area contributed by atoms with Gasteiger partial charge in [-0.2, -0.15) is 0 Å². The van der Waals surface area contributed by atoms with Gasteiger partial charge in [-0.05, 0) is 38.7 Å². The van der Waals surface area contributed by atoms with Crippen LogP contribution in [0.5, 0.6) is 5.75 Å². The molecule has 2 heterocycles. The second-order valence-electron chi connectivity index (χ2n) is 8.14. The zero-order valence-corrected chi connectivity index (χ0v) is 20.4. The second-order valence-corrected chi connectivity index (χ2v) is 9.27. The number of aryl methyl sites for hydroxylation is 1. The molecule has 0 bridgehead atoms. The summed E-state index contributed by atoms with van der Waals surface area (Å²) in [5.41, 5.74) is -0.162. The first-order valence-corrected chi connectivity index (χ1v) is 11.6. The Morgan fingerprint density at radius 3 is 2.41 bits per heavy atom. The van der Waals surface area contributed by atoms with Gasteiger partial charge in [0, 0.05) is 37.1 Å². The molecule has 0 amide bonds. The van der Waals surface area contributed by atoms with Crippen molar-refractivity contribution in [2.75, 3.05) is 26.4 Å². The number of thioether (sulfide) groups is 1. The first-order valence-electron chi connectivity index (χ1n) is 10.5. The number of benzene rings is 1. The molecule has 10 nitrogen and oxygen atoms in total. The van der Waals surface area contributed by atoms with E-state index in [1.807, 2.05) is 0 Å². The molecule has 4 atom stereocenters. The molecule has 2 aromatic rings. The van der Waals surface area contributed by atoms with Gasteiger partial charge in [-0.25, -0.2) is 4.79 Å². The highest BCUT2D eigenvalue weighted by atomic mass is 32.2. The van der Waals surface area contributed by atoms with Crippen LogP contribution in [0.3, 0.4) is 0 Å². The van der Waals surface area contributed by atoms with Crippen LogP contribution in [0.4, 0.5) is 0 Å². The van der Waals surface area contributed by atoms with Gasteiger partial charge in [0.05, 0.1) is 6.54 Å². The van der Waals surface area contributed by atoms with Crippen molar-refractivity contribution in [3.05, 3.63) is 40.2 Å². The van der Waals surface area contributed by atoms with Crippen molar-refractivity contribution in [1.82, 2.24) is 4.90 Å². The van der Waals surface area contributed by atoms with Crippen molar-refractivity contribution in [2.24, 2.45) is 0 Å². The van der Waals surface area contributed by atoms with Gasteiger partial charge in [0.25, 0.3) is 0 Å². The molecule has 34 heavy (non-hydrogen) atoms. The van der Waals surface area contributed by atoms with Crippen LogP contribution in [-0.2, 0) is 28.6 Å². The van der Waals surface area contributed by atoms with Gasteiger partial charge >= 0.3 is 23.5 Å². The lowest BCUT2D eigenvalue weighted by Crippen LogP contribution is -2.56. The van der Waals surface area contributed by atoms with E-state index in [0.29, 0.717) is 11.3 Å². The zero-order chi connectivity index (χ0) is 25.0. The lowest BCUT2D eigenvalue weighted by Gasteiger charge is -2.40. The first kappa shape index (κ1) is 25.6. The number of carbonyl (C=O) groups is 3. The highest BCUT2D eigenvalue weighted by molar-refractivity contribution is 7.99. The number of carbonyl (C=O) groups excluding carboxylic acids is 3. The van der Waals surface area contributed by atoms with E-state index in [0.717, 1.165) is 10.9 Å². The maximum Gasteiger partial charge on any atom is 0.336 e. The predicted octanol–water partition coefficient (Wildman–Crippen LogP) is 1.89. The summed E-state index contributed by atoms with van der Waals surface area (Å²) in [6.07, 6.45) is -2.98. The molecule has 1 aliphatic rings. The van der Waals surface area contributed by atoms with Crippen LogP contribution < -0.4 is 10.4 Å². The number of fused-ring (bicyclic) bond motifs is 1. The number of likely N-dealkylation sites (N-methyl/N-ethyl adjacent to an activating group) is 1. The molecule has 1 saturated heterocycles. The van der Waals surface area contributed by atoms with E-state index >= 15 is 0 Å². The first-order chi connectivity index (χ1) is 16.0. The van der Waals surface area contributed by atoms with Crippen molar-refractivity contribution < 1.29 is 37.7 Å². The van der Waals surface area contributed by atoms with E-state index in [1.54, 1.807) is 44.1 Å². The number of esters is 3. The van der Waals surface area contributed by atoms with E-state index in [2.05, 4.69) is 0 Å². The van der Waals surface area contributed by atoms with Crippen LogP contribution in [0, 0.1) is 6.92 Å². The standard InChI is InChI=1S/C23H27NO9S/c1-12-8-19(27)32-17-9-15(6-7-16(12)17)31-23-22(30-14(3)26)21(33-20(28)10-24(4)5)18(11-34-23)29-13(2)25/h6-9,18,21-23H,10-11H2,1-5H3/t18-,21+,22-,23-/m1/s1. The van der Waals surface area contributed by atoms with Crippen LogP contribution in [0.25, 0.3) is 11.0 Å². The minimum Gasteiger partial charge on any atom is -0.476 e. The number of nitrogens with zero attached hydrogens (tertiary/aromatic N) is 1. The highest BCUT2D eigenvalue weighted by Gasteiger charge is 2.48. The molecular weight excluding hydrogens is 466 g/mol. The number of hydrogen-bond acceptors (Lipinski definition) is 11. The third-order valence-corrected chi connectivity index (χ3v) is 6.10. The Kier molecular flexibility index (Phi) is 8.21. The molecule has 0 radical (unpaired) electrons. The summed E-state index contributed by atoms with van der Waals surface area (Å²) in [7, 11) is 3.41. The van der Waals surface area contributed by atoms with E-state index in [4.69, 9.17) is 23.4 Å². The summed E-state index contributed by atoms with van der Waals surface area (Å²) in [6, 6.07) is 6.43. The van der Waals surface area contributed by atoms with Gasteiger partial charge < -0.3 is 23.4 Å². The SMILES string of the molecule is CC(=O)O[C@@H]1[C@@H](OC(=O)CN(C)C)[C@H](OC(C)=O)CS[C@H]1Oc1ccc2c(C)cc(=O)oc2c1. The smallest absolute Gasteiger partial charge is 0.336 e. The summed E-state index contributed by atoms with van der Waals surface area (Å²) in [5, 5.41) is 0.755. The van der Waals surface area contributed by atoms with Crippen LogP contribution in [0.15, 0.2) is 33.5 Å². The number of rotatable bonds is 7. The molecule has 1 aromatic carbocycles. The fourth-order valence-corrected chi connectivity index (χ4v) is 4.79. The minimum atomic E-state index is -1.08. The average molecular weight is 494 g/mol. The summed E-state index contributed by atoms with van der Waals surface area (Å²) in [6.45, 7) is 4.26. The Morgan fingerprint density at radius 1 is 1.06 bits per heavy atom. The summed E-state index contributed by atoms with van der Waals surface area (Å²) in [5.74, 6) is -1.14. The summed E-state index contributed by atoms with van der Waals surface area (Å²) in [4.78, 5) is 49.4. The molecule has 0 spiro atoms. The molecule has 0 N–H and O–H groups in total. The lowest BCUT2D eigenvalue weighted by molar-refractivity contribution is -0.188. The maximum atomic E-state index is 12.4. The Labute approximate surface area is 200 Å². The summed E-state index contributed by atoms with van der Waals surface area (Å²) < 4.78 is 27.8. The molecule has 0 aliphatic carbocycles. The zero-order valence-electron chi connectivity index (χ0n) is 19.6. The third kappa shape index (κ3) is 6.51. The van der Waals surface area contributed by atoms with E-state index in [1.165, 1.54) is 31.7 Å². The number of ether oxygens (including phenoxy) is 4. The van der Waals surface area contributed by atoms with Crippen LogP contribution >= 0.6 is 11.8 Å². The van der Waals surface area contributed by atoms with Crippen molar-refractivity contribution in [3.63, 3.8) is 0 Å². The molecular formula is C23H27NO9S. The topological polar surface area (TPSA) is 122 Å². The molecule has 3 rings (SSSR count). The van der Waals surface area contributed by atoms with Gasteiger partial charge in [-0.15, -0.1) is 11.8 Å². The molecule has 0 unspecified atom stereocenters. The molecule has 1 fully saturated rings. The maximum absolute atomic E-state index is 12.4. The number of hydrogen-bond donors (Lipinski definition) is 0. The second kappa shape index (κ2) is 10.9. The van der Waals surface area contributed by atoms with Gasteiger partial charge in [0.2, 0.25) is 0 Å². The predicted molar refractivity (Wildman–Crippen MR) is 124 cm³/mol. The van der Waals surface area contributed by atoms with Crippen LogP contribution in [-0.4, -0.2) is 72.9 Å². The van der Waals surface area contributed by atoms with Gasteiger partial charge in [-0.3, -0.25) is 19.3 Å². The van der Waals surface area contributed by atoms with E-state index in [-0.39, 0.29) is 12.3 Å². The van der Waals surface area contributed by atoms with Crippen molar-refractivity contribution in [2.45, 2.75) is 44.5 Å². The highest BCUT2D eigenvalue weighted by Crippen LogP contribution is 2.35. The third-order valence-electron chi connectivity index (χ3n) is 4.89. The lowest BCUT2D eigenvalue weighted by atomic mass is 10.1. The van der Waals surface area contributed by atoms with Crippen molar-refractivity contribution in [3.8, 4) is 5.75 Å². The Hall–Kier alpha value is -3.05. The molecule has 1 aromatic heterocycles. The van der Waals surface area contributed by atoms with Gasteiger partial charge in [0.1, 0.15) is 11.3 Å². The molecule has 0 saturated carbocycles. The molecule has 1 aliphatic heterocycles. The largest absolute Gasteiger partial charge is 0.476 e. The van der Waals surface area contributed by atoms with Gasteiger partial charge in [-0.1, -0.05) is 0 Å². The summed E-state index contributed by atoms with van der Waals surface area (Å²) >= 11 is 1.24. The van der Waals surface area contributed by atoms with E-state index in [9.17, 15) is 19.2 Å². The van der Waals surface area contributed by atoms with Crippen LogP contribution in [0.1, 0.15) is 19.4 Å². The average Bonchev–Trinajstić information content (AvgIpc) is 2.70. The quantitative estimate of drug-likeness (QED) is 0.319. The van der Waals surface area contributed by atoms with Gasteiger partial charge in [0.15, 0.2) is 23.7 Å². The normalized spacial score (nSPS) is 22.3. The Balaban J connectivity index is 1.91. The van der Waals surface area contributed by atoms with Crippen LogP contribution in [0.2, 0.25) is 0 Å². The fourth-order valence-electron chi connectivity index (χ4n) is 3.58. The minimum absolute atomic E-state index is 0.0161. The molecule has 11 heteroatoms. The van der Waals surface area contributed by atoms with E-state index < -0.39 is 47.3 Å². The fraction of sp³-hybridized carbons (Fsp3) is 0.478. The Bertz CT molecular complexity index is 1130. The monoisotopic (exact) mass is 493 g/mol.